The number of ether oxygens (including phenoxy) is 1. The molecule has 1 heterocycles. The minimum absolute atomic E-state index is 0.0237. The van der Waals surface area contributed by atoms with Crippen LogP contribution in [0.15, 0.2) is 24.4 Å². The summed E-state index contributed by atoms with van der Waals surface area (Å²) in [6, 6.07) is 4.91. The second-order valence-corrected chi connectivity index (χ2v) is 5.04. The van der Waals surface area contributed by atoms with E-state index in [0.717, 1.165) is 0 Å². The van der Waals surface area contributed by atoms with Gasteiger partial charge in [0.15, 0.2) is 6.23 Å². The second kappa shape index (κ2) is 5.45. The van der Waals surface area contributed by atoms with E-state index in [1.54, 1.807) is 18.2 Å². The van der Waals surface area contributed by atoms with Crippen LogP contribution in [0.1, 0.15) is 12.5 Å². The predicted octanol–water partition coefficient (Wildman–Crippen LogP) is 0.111. The molecule has 0 spiro atoms. The number of carbonyl (C=O) groups is 1. The highest BCUT2D eigenvalue weighted by molar-refractivity contribution is 5.91. The minimum atomic E-state index is -2.53. The highest BCUT2D eigenvalue weighted by Crippen LogP contribution is 2.36. The first-order valence-corrected chi connectivity index (χ1v) is 6.33. The number of nitrogens with one attached hydrogen (secondary N) is 1. The maximum atomic E-state index is 11.2. The molecule has 0 aliphatic rings. The van der Waals surface area contributed by atoms with Crippen molar-refractivity contribution in [3.05, 3.63) is 30.0 Å². The van der Waals surface area contributed by atoms with E-state index in [9.17, 15) is 20.1 Å². The molecule has 0 radical (unpaired) electrons. The van der Waals surface area contributed by atoms with E-state index in [2.05, 4.69) is 4.98 Å². The Hall–Kier alpha value is -1.93. The molecule has 1 aromatic carbocycles. The van der Waals surface area contributed by atoms with Gasteiger partial charge in [0.25, 0.3) is 0 Å². The van der Waals surface area contributed by atoms with Crippen molar-refractivity contribution < 1.29 is 24.9 Å². The van der Waals surface area contributed by atoms with Crippen LogP contribution in [0.3, 0.4) is 0 Å². The molecule has 0 aliphatic heterocycles. The maximum Gasteiger partial charge on any atom is 0.308 e. The van der Waals surface area contributed by atoms with Gasteiger partial charge in [-0.15, -0.1) is 0 Å². The number of esters is 1. The highest BCUT2D eigenvalue weighted by Gasteiger charge is 2.39. The number of benzene rings is 1. The molecule has 21 heavy (non-hydrogen) atoms. The third-order valence-electron chi connectivity index (χ3n) is 3.17. The molecule has 114 valence electrons. The van der Waals surface area contributed by atoms with Crippen molar-refractivity contribution in [1.29, 1.82) is 0 Å². The van der Waals surface area contributed by atoms with E-state index in [0.29, 0.717) is 10.9 Å². The number of fused-ring (bicyclic) bond motifs is 1. The van der Waals surface area contributed by atoms with Gasteiger partial charge in [0.2, 0.25) is 5.79 Å². The molecule has 0 saturated heterocycles. The monoisotopic (exact) mass is 294 g/mol. The zero-order valence-corrected chi connectivity index (χ0v) is 12.0. The zero-order valence-electron chi connectivity index (χ0n) is 12.0. The maximum absolute atomic E-state index is 11.2. The lowest BCUT2D eigenvalue weighted by Crippen LogP contribution is -2.47. The van der Waals surface area contributed by atoms with Crippen molar-refractivity contribution in [2.75, 3.05) is 14.1 Å². The number of aliphatic hydroxyl groups excluding tert-OH is 1. The molecule has 0 bridgehead atoms. The van der Waals surface area contributed by atoms with Gasteiger partial charge in [0.05, 0.1) is 5.39 Å². The van der Waals surface area contributed by atoms with Crippen molar-refractivity contribution in [3.63, 3.8) is 0 Å². The molecule has 0 fully saturated rings. The number of hydrogen-bond donors (Lipinski definition) is 4. The Balaban J connectivity index is 2.62. The van der Waals surface area contributed by atoms with Gasteiger partial charge in [0.1, 0.15) is 5.75 Å². The summed E-state index contributed by atoms with van der Waals surface area (Å²) in [7, 11) is 3.02. The standard InChI is InChI=1S/C14H18N2O5/c1-8(17)21-11-6-4-5-10-12(11)9(7-15-10)14(19,20)13(18)16(2)3/h4-7,13,15,18-20H,1-3H3. The van der Waals surface area contributed by atoms with Gasteiger partial charge in [-0.05, 0) is 26.2 Å². The van der Waals surface area contributed by atoms with Crippen LogP contribution >= 0.6 is 0 Å². The van der Waals surface area contributed by atoms with Crippen molar-refractivity contribution in [3.8, 4) is 5.75 Å². The van der Waals surface area contributed by atoms with Crippen LogP contribution < -0.4 is 4.74 Å². The van der Waals surface area contributed by atoms with Gasteiger partial charge in [-0.3, -0.25) is 9.69 Å². The second-order valence-electron chi connectivity index (χ2n) is 5.04. The number of nitrogens with zero attached hydrogens (tertiary/aromatic N) is 1. The third kappa shape index (κ3) is 2.77. The Morgan fingerprint density at radius 2 is 2.05 bits per heavy atom. The quantitative estimate of drug-likeness (QED) is 0.362. The van der Waals surface area contributed by atoms with Gasteiger partial charge in [-0.2, -0.15) is 0 Å². The van der Waals surface area contributed by atoms with E-state index >= 15 is 0 Å². The Kier molecular flexibility index (Phi) is 4.02. The van der Waals surface area contributed by atoms with E-state index in [1.807, 2.05) is 0 Å². The Bertz CT molecular complexity index is 662. The summed E-state index contributed by atoms with van der Waals surface area (Å²) >= 11 is 0. The summed E-state index contributed by atoms with van der Waals surface area (Å²) in [4.78, 5) is 15.3. The fourth-order valence-corrected chi connectivity index (χ4v) is 2.18. The number of rotatable bonds is 4. The third-order valence-corrected chi connectivity index (χ3v) is 3.17. The van der Waals surface area contributed by atoms with Crippen LogP contribution in [-0.4, -0.2) is 51.5 Å². The number of carbonyl (C=O) groups excluding carboxylic acids is 1. The molecule has 2 aromatic rings. The summed E-state index contributed by atoms with van der Waals surface area (Å²) < 4.78 is 5.09. The van der Waals surface area contributed by atoms with Gasteiger partial charge >= 0.3 is 5.97 Å². The molecule has 0 aliphatic carbocycles. The Morgan fingerprint density at radius 1 is 1.38 bits per heavy atom. The molecule has 1 atom stereocenters. The van der Waals surface area contributed by atoms with E-state index < -0.39 is 18.0 Å². The van der Waals surface area contributed by atoms with Gasteiger partial charge < -0.3 is 25.0 Å². The molecular formula is C14H18N2O5. The molecule has 0 amide bonds. The van der Waals surface area contributed by atoms with Crippen molar-refractivity contribution >= 4 is 16.9 Å². The van der Waals surface area contributed by atoms with Crippen LogP contribution in [0.4, 0.5) is 0 Å². The van der Waals surface area contributed by atoms with Crippen molar-refractivity contribution in [1.82, 2.24) is 9.88 Å². The van der Waals surface area contributed by atoms with Gasteiger partial charge in [-0.1, -0.05) is 6.07 Å². The molecular weight excluding hydrogens is 276 g/mol. The van der Waals surface area contributed by atoms with Gasteiger partial charge in [0, 0.05) is 24.2 Å². The summed E-state index contributed by atoms with van der Waals surface area (Å²) in [5.41, 5.74) is 0.581. The fourth-order valence-electron chi connectivity index (χ4n) is 2.18. The number of aromatic nitrogens is 1. The number of hydrogen-bond acceptors (Lipinski definition) is 6. The van der Waals surface area contributed by atoms with E-state index in [-0.39, 0.29) is 11.3 Å². The topological polar surface area (TPSA) is 106 Å². The fraction of sp³-hybridized carbons (Fsp3) is 0.357. The number of aliphatic hydroxyl groups is 3. The van der Waals surface area contributed by atoms with E-state index in [4.69, 9.17) is 4.74 Å². The number of aromatic amines is 1. The molecule has 4 N–H and O–H groups in total. The number of likely N-dealkylation sites (N-methyl/N-ethyl adjacent to an activating group) is 1. The van der Waals surface area contributed by atoms with Crippen LogP contribution in [-0.2, 0) is 10.6 Å². The Morgan fingerprint density at radius 3 is 2.62 bits per heavy atom. The van der Waals surface area contributed by atoms with Crippen LogP contribution in [0, 0.1) is 0 Å². The molecule has 7 heteroatoms. The molecule has 1 unspecified atom stereocenters. The van der Waals surface area contributed by atoms with Crippen LogP contribution in [0.2, 0.25) is 0 Å². The Labute approximate surface area is 121 Å². The van der Waals surface area contributed by atoms with Gasteiger partial charge in [-0.25, -0.2) is 0 Å². The summed E-state index contributed by atoms with van der Waals surface area (Å²) in [6.07, 6.45) is -0.188. The average molecular weight is 294 g/mol. The summed E-state index contributed by atoms with van der Waals surface area (Å²) in [6.45, 7) is 1.25. The molecule has 1 aromatic heterocycles. The first-order valence-electron chi connectivity index (χ1n) is 6.33. The van der Waals surface area contributed by atoms with E-state index in [1.165, 1.54) is 32.1 Å². The predicted molar refractivity (Wildman–Crippen MR) is 75.4 cm³/mol. The largest absolute Gasteiger partial charge is 0.426 e. The lowest BCUT2D eigenvalue weighted by atomic mass is 10.0. The van der Waals surface area contributed by atoms with Crippen molar-refractivity contribution in [2.24, 2.45) is 0 Å². The highest BCUT2D eigenvalue weighted by atomic mass is 16.5. The zero-order chi connectivity index (χ0) is 15.8. The summed E-state index contributed by atoms with van der Waals surface area (Å²) in [5.74, 6) is -2.86. The molecule has 2 rings (SSSR count). The first-order chi connectivity index (χ1) is 9.75. The first kappa shape index (κ1) is 15.5. The van der Waals surface area contributed by atoms with Crippen molar-refractivity contribution in [2.45, 2.75) is 18.9 Å². The lowest BCUT2D eigenvalue weighted by Gasteiger charge is -2.31. The number of H-pyrrole nitrogens is 1. The van der Waals surface area contributed by atoms with Crippen LogP contribution in [0.5, 0.6) is 5.75 Å². The molecule has 0 saturated carbocycles. The minimum Gasteiger partial charge on any atom is -0.426 e. The molecule has 7 nitrogen and oxygen atoms in total. The smallest absolute Gasteiger partial charge is 0.308 e. The van der Waals surface area contributed by atoms with Crippen LogP contribution in [0.25, 0.3) is 10.9 Å². The average Bonchev–Trinajstić information content (AvgIpc) is 2.82. The normalized spacial score (nSPS) is 13.7. The lowest BCUT2D eigenvalue weighted by molar-refractivity contribution is -0.267. The SMILES string of the molecule is CC(=O)Oc1cccc2[nH]cc(C(O)(O)C(O)N(C)C)c12. The summed E-state index contributed by atoms with van der Waals surface area (Å²) in [5, 5.41) is 30.8.